The normalized spacial score (nSPS) is 20.4. The van der Waals surface area contributed by atoms with E-state index in [0.29, 0.717) is 18.0 Å². The second-order valence-electron chi connectivity index (χ2n) is 9.04. The van der Waals surface area contributed by atoms with Gasteiger partial charge in [0.15, 0.2) is 0 Å². The molecule has 152 valence electrons. The fourth-order valence-corrected chi connectivity index (χ4v) is 4.82. The van der Waals surface area contributed by atoms with Crippen molar-refractivity contribution in [3.63, 3.8) is 0 Å². The standard InChI is InChI=1S/C25H32N4/c1-18(2)29-24-12-11-22(16-23(24)25(27-29)20-9-6-10-20)28-14-13-26-21(17-28)15-19-7-4-3-5-8-19/h3-5,7-8,11-12,16,18,20-21,26H,6,9-10,13-15,17H2,1-2H3/t21-/m0/s1. The Morgan fingerprint density at radius 2 is 1.93 bits per heavy atom. The molecular formula is C25H32N4. The molecule has 0 unspecified atom stereocenters. The number of rotatable bonds is 5. The Morgan fingerprint density at radius 1 is 1.10 bits per heavy atom. The zero-order valence-electron chi connectivity index (χ0n) is 17.6. The van der Waals surface area contributed by atoms with E-state index < -0.39 is 0 Å². The van der Waals surface area contributed by atoms with Gasteiger partial charge in [0.1, 0.15) is 0 Å². The fraction of sp³-hybridized carbons (Fsp3) is 0.480. The maximum Gasteiger partial charge on any atom is 0.0735 e. The molecule has 0 radical (unpaired) electrons. The van der Waals surface area contributed by atoms with Crippen molar-refractivity contribution in [3.8, 4) is 0 Å². The van der Waals surface area contributed by atoms with Gasteiger partial charge in [-0.25, -0.2) is 0 Å². The van der Waals surface area contributed by atoms with Crippen molar-refractivity contribution in [2.24, 2.45) is 0 Å². The van der Waals surface area contributed by atoms with Crippen LogP contribution in [-0.2, 0) is 6.42 Å². The van der Waals surface area contributed by atoms with Gasteiger partial charge in [-0.2, -0.15) is 5.10 Å². The Bertz CT molecular complexity index is 971. The predicted octanol–water partition coefficient (Wildman–Crippen LogP) is 4.91. The Hall–Kier alpha value is -2.33. The van der Waals surface area contributed by atoms with Gasteiger partial charge in [-0.1, -0.05) is 36.8 Å². The molecule has 4 heteroatoms. The summed E-state index contributed by atoms with van der Waals surface area (Å²) in [5, 5.41) is 10.1. The fourth-order valence-electron chi connectivity index (χ4n) is 4.82. The van der Waals surface area contributed by atoms with Crippen LogP contribution >= 0.6 is 0 Å². The molecule has 0 amide bonds. The summed E-state index contributed by atoms with van der Waals surface area (Å²) < 4.78 is 2.22. The smallest absolute Gasteiger partial charge is 0.0735 e. The highest BCUT2D eigenvalue weighted by atomic mass is 15.3. The van der Waals surface area contributed by atoms with Crippen molar-refractivity contribution in [2.75, 3.05) is 24.5 Å². The van der Waals surface area contributed by atoms with Gasteiger partial charge in [0.05, 0.1) is 11.2 Å². The number of benzene rings is 2. The molecule has 2 aliphatic rings. The number of hydrogen-bond acceptors (Lipinski definition) is 3. The maximum atomic E-state index is 5.05. The lowest BCUT2D eigenvalue weighted by molar-refractivity contribution is 0.404. The lowest BCUT2D eigenvalue weighted by atomic mass is 9.82. The minimum Gasteiger partial charge on any atom is -0.369 e. The van der Waals surface area contributed by atoms with Crippen LogP contribution in [0.5, 0.6) is 0 Å². The van der Waals surface area contributed by atoms with Crippen LogP contribution in [0.25, 0.3) is 10.9 Å². The molecule has 1 aliphatic carbocycles. The first-order chi connectivity index (χ1) is 14.2. The quantitative estimate of drug-likeness (QED) is 0.674. The third-order valence-corrected chi connectivity index (χ3v) is 6.64. The Kier molecular flexibility index (Phi) is 5.04. The molecule has 1 atom stereocenters. The van der Waals surface area contributed by atoms with E-state index in [0.717, 1.165) is 26.1 Å². The average molecular weight is 389 g/mol. The number of nitrogens with zero attached hydrogens (tertiary/aromatic N) is 3. The average Bonchev–Trinajstić information content (AvgIpc) is 3.06. The van der Waals surface area contributed by atoms with Crippen molar-refractivity contribution in [2.45, 2.75) is 57.5 Å². The number of fused-ring (bicyclic) bond motifs is 1. The predicted molar refractivity (Wildman–Crippen MR) is 121 cm³/mol. The molecule has 1 saturated heterocycles. The minimum atomic E-state index is 0.395. The first-order valence-electron chi connectivity index (χ1n) is 11.2. The number of piperazine rings is 1. The van der Waals surface area contributed by atoms with Crippen molar-refractivity contribution in [1.29, 1.82) is 0 Å². The van der Waals surface area contributed by atoms with E-state index in [2.05, 4.69) is 77.3 Å². The van der Waals surface area contributed by atoms with Crippen LogP contribution in [0.15, 0.2) is 48.5 Å². The molecule has 1 aliphatic heterocycles. The van der Waals surface area contributed by atoms with Crippen LogP contribution in [0, 0.1) is 0 Å². The summed E-state index contributed by atoms with van der Waals surface area (Å²) >= 11 is 0. The zero-order valence-corrected chi connectivity index (χ0v) is 17.6. The minimum absolute atomic E-state index is 0.395. The van der Waals surface area contributed by atoms with E-state index >= 15 is 0 Å². The molecule has 2 heterocycles. The van der Waals surface area contributed by atoms with Crippen LogP contribution in [0.3, 0.4) is 0 Å². The molecule has 1 N–H and O–H groups in total. The van der Waals surface area contributed by atoms with E-state index in [1.165, 1.54) is 47.1 Å². The lowest BCUT2D eigenvalue weighted by Gasteiger charge is -2.35. The van der Waals surface area contributed by atoms with E-state index in [4.69, 9.17) is 5.10 Å². The summed E-state index contributed by atoms with van der Waals surface area (Å²) in [6.07, 6.45) is 5.01. The van der Waals surface area contributed by atoms with E-state index in [-0.39, 0.29) is 0 Å². The van der Waals surface area contributed by atoms with Gasteiger partial charge < -0.3 is 10.2 Å². The molecule has 1 saturated carbocycles. The van der Waals surface area contributed by atoms with Crippen LogP contribution in [0.1, 0.15) is 56.3 Å². The zero-order chi connectivity index (χ0) is 19.8. The second-order valence-corrected chi connectivity index (χ2v) is 9.04. The molecule has 1 aromatic heterocycles. The third kappa shape index (κ3) is 3.66. The Morgan fingerprint density at radius 3 is 2.66 bits per heavy atom. The van der Waals surface area contributed by atoms with Gasteiger partial charge in [-0.15, -0.1) is 0 Å². The van der Waals surface area contributed by atoms with Gasteiger partial charge in [0.2, 0.25) is 0 Å². The van der Waals surface area contributed by atoms with Crippen molar-refractivity contribution in [1.82, 2.24) is 15.1 Å². The highest BCUT2D eigenvalue weighted by Crippen LogP contribution is 2.40. The molecule has 2 fully saturated rings. The number of anilines is 1. The molecule has 2 aromatic carbocycles. The molecule has 0 bridgehead atoms. The first kappa shape index (κ1) is 18.7. The first-order valence-corrected chi connectivity index (χ1v) is 11.2. The van der Waals surface area contributed by atoms with Crippen LogP contribution < -0.4 is 10.2 Å². The molecule has 29 heavy (non-hydrogen) atoms. The number of aromatic nitrogens is 2. The highest BCUT2D eigenvalue weighted by Gasteiger charge is 2.27. The second kappa shape index (κ2) is 7.83. The molecule has 4 nitrogen and oxygen atoms in total. The van der Waals surface area contributed by atoms with Crippen LogP contribution in [0.4, 0.5) is 5.69 Å². The van der Waals surface area contributed by atoms with E-state index in [1.54, 1.807) is 0 Å². The summed E-state index contributed by atoms with van der Waals surface area (Å²) in [7, 11) is 0. The molecular weight excluding hydrogens is 356 g/mol. The van der Waals surface area contributed by atoms with Crippen LogP contribution in [0.2, 0.25) is 0 Å². The SMILES string of the molecule is CC(C)n1nc(C2CCC2)c2cc(N3CCN[C@@H](Cc4ccccc4)C3)ccc21. The van der Waals surface area contributed by atoms with Gasteiger partial charge in [0.25, 0.3) is 0 Å². The molecule has 3 aromatic rings. The van der Waals surface area contributed by atoms with Gasteiger partial charge >= 0.3 is 0 Å². The summed E-state index contributed by atoms with van der Waals surface area (Å²) in [6, 6.07) is 18.7. The van der Waals surface area contributed by atoms with Crippen molar-refractivity contribution in [3.05, 3.63) is 59.8 Å². The van der Waals surface area contributed by atoms with Crippen LogP contribution in [-0.4, -0.2) is 35.5 Å². The number of hydrogen-bond donors (Lipinski definition) is 1. The van der Waals surface area contributed by atoms with E-state index in [9.17, 15) is 0 Å². The van der Waals surface area contributed by atoms with Gasteiger partial charge in [0, 0.05) is 48.7 Å². The monoisotopic (exact) mass is 388 g/mol. The molecule has 5 rings (SSSR count). The van der Waals surface area contributed by atoms with Crippen molar-refractivity contribution < 1.29 is 0 Å². The summed E-state index contributed by atoms with van der Waals surface area (Å²) in [4.78, 5) is 2.56. The van der Waals surface area contributed by atoms with E-state index in [1.807, 2.05) is 0 Å². The number of nitrogens with one attached hydrogen (secondary N) is 1. The van der Waals surface area contributed by atoms with Crippen molar-refractivity contribution >= 4 is 16.6 Å². The summed E-state index contributed by atoms with van der Waals surface area (Å²) in [5.74, 6) is 0.654. The summed E-state index contributed by atoms with van der Waals surface area (Å²) in [6.45, 7) is 7.62. The van der Waals surface area contributed by atoms with Gasteiger partial charge in [-0.3, -0.25) is 4.68 Å². The molecule has 0 spiro atoms. The third-order valence-electron chi connectivity index (χ3n) is 6.64. The summed E-state index contributed by atoms with van der Waals surface area (Å²) in [5.41, 5.74) is 5.38. The topological polar surface area (TPSA) is 33.1 Å². The highest BCUT2D eigenvalue weighted by molar-refractivity contribution is 5.86. The maximum absolute atomic E-state index is 5.05. The van der Waals surface area contributed by atoms with Gasteiger partial charge in [-0.05, 0) is 56.9 Å². The Labute approximate surface area is 173 Å². The lowest BCUT2D eigenvalue weighted by Crippen LogP contribution is -2.51. The Balaban J connectivity index is 1.42. The largest absolute Gasteiger partial charge is 0.369 e.